The molecule has 2 fully saturated rings. The molecule has 1 N–H and O–H groups in total. The molecule has 0 aromatic carbocycles. The molecule has 1 aliphatic carbocycles. The van der Waals surface area contributed by atoms with Gasteiger partial charge >= 0.3 is 6.03 Å². The van der Waals surface area contributed by atoms with Gasteiger partial charge in [-0.25, -0.2) is 4.79 Å². The molecule has 1 unspecified atom stereocenters. The summed E-state index contributed by atoms with van der Waals surface area (Å²) in [5.74, 6) is 2.32. The van der Waals surface area contributed by atoms with Crippen molar-refractivity contribution >= 4 is 6.03 Å². The molecule has 16 heavy (non-hydrogen) atoms. The van der Waals surface area contributed by atoms with Crippen molar-refractivity contribution in [3.8, 4) is 0 Å². The van der Waals surface area contributed by atoms with Gasteiger partial charge in [-0.1, -0.05) is 13.8 Å². The predicted molar refractivity (Wildman–Crippen MR) is 65.3 cm³/mol. The maximum absolute atomic E-state index is 11.9. The zero-order valence-electron chi connectivity index (χ0n) is 10.5. The minimum atomic E-state index is 0.152. The summed E-state index contributed by atoms with van der Waals surface area (Å²) in [6.07, 6.45) is 5.04. The van der Waals surface area contributed by atoms with Gasteiger partial charge in [0.25, 0.3) is 0 Å². The molecule has 0 aromatic rings. The maximum atomic E-state index is 11.9. The summed E-state index contributed by atoms with van der Waals surface area (Å²) in [5.41, 5.74) is 0. The van der Waals surface area contributed by atoms with E-state index >= 15 is 0 Å². The van der Waals surface area contributed by atoms with Crippen molar-refractivity contribution in [2.24, 2.45) is 17.8 Å². The number of carbonyl (C=O) groups is 1. The molecular formula is C13H24N2O. The highest BCUT2D eigenvalue weighted by Gasteiger charge is 2.28. The second kappa shape index (κ2) is 5.07. The zero-order valence-corrected chi connectivity index (χ0v) is 10.5. The molecular weight excluding hydrogens is 200 g/mol. The molecule has 1 heterocycles. The van der Waals surface area contributed by atoms with Crippen molar-refractivity contribution in [3.63, 3.8) is 0 Å². The highest BCUT2D eigenvalue weighted by molar-refractivity contribution is 5.74. The van der Waals surface area contributed by atoms with Crippen LogP contribution in [0.2, 0.25) is 0 Å². The van der Waals surface area contributed by atoms with Gasteiger partial charge in [0.15, 0.2) is 0 Å². The van der Waals surface area contributed by atoms with Crippen molar-refractivity contribution in [3.05, 3.63) is 0 Å². The molecule has 3 heteroatoms. The Hall–Kier alpha value is -0.730. The fourth-order valence-electron chi connectivity index (χ4n) is 2.40. The first-order chi connectivity index (χ1) is 7.66. The van der Waals surface area contributed by atoms with Crippen LogP contribution in [-0.4, -0.2) is 30.6 Å². The Labute approximate surface area is 98.6 Å². The van der Waals surface area contributed by atoms with E-state index in [4.69, 9.17) is 0 Å². The highest BCUT2D eigenvalue weighted by atomic mass is 16.2. The lowest BCUT2D eigenvalue weighted by Crippen LogP contribution is -2.45. The van der Waals surface area contributed by atoms with Gasteiger partial charge in [0.2, 0.25) is 0 Å². The Kier molecular flexibility index (Phi) is 3.72. The average Bonchev–Trinajstić information content (AvgIpc) is 3.10. The number of urea groups is 1. The van der Waals surface area contributed by atoms with Crippen LogP contribution in [0, 0.1) is 17.8 Å². The van der Waals surface area contributed by atoms with Gasteiger partial charge in [0, 0.05) is 19.6 Å². The second-order valence-corrected chi connectivity index (χ2v) is 5.67. The summed E-state index contributed by atoms with van der Waals surface area (Å²) in [4.78, 5) is 13.8. The first-order valence-electron chi connectivity index (χ1n) is 6.69. The second-order valence-electron chi connectivity index (χ2n) is 5.67. The molecule has 1 saturated heterocycles. The third kappa shape index (κ3) is 3.13. The summed E-state index contributed by atoms with van der Waals surface area (Å²) >= 11 is 0. The smallest absolute Gasteiger partial charge is 0.317 e. The van der Waals surface area contributed by atoms with E-state index in [-0.39, 0.29) is 6.03 Å². The summed E-state index contributed by atoms with van der Waals surface area (Å²) in [6, 6.07) is 0.152. The molecule has 2 rings (SSSR count). The Morgan fingerprint density at radius 3 is 2.50 bits per heavy atom. The van der Waals surface area contributed by atoms with Crippen LogP contribution in [0.4, 0.5) is 4.79 Å². The molecule has 0 spiro atoms. The summed E-state index contributed by atoms with van der Waals surface area (Å²) in [6.45, 7) is 7.24. The van der Waals surface area contributed by atoms with E-state index in [0.717, 1.165) is 44.3 Å². The van der Waals surface area contributed by atoms with Crippen LogP contribution in [0.15, 0.2) is 0 Å². The molecule has 3 nitrogen and oxygen atoms in total. The Balaban J connectivity index is 1.66. The standard InChI is InChI=1S/C13H24N2O/c1-10-5-7-15(8-6-10)13(16)14-9-11(2)12-3-4-12/h10-12H,3-9H2,1-2H3,(H,14,16). The van der Waals surface area contributed by atoms with Gasteiger partial charge in [0.1, 0.15) is 0 Å². The molecule has 92 valence electrons. The third-order valence-electron chi connectivity index (χ3n) is 4.07. The number of piperidine rings is 1. The number of rotatable bonds is 3. The van der Waals surface area contributed by atoms with Gasteiger partial charge in [0.05, 0.1) is 0 Å². The van der Waals surface area contributed by atoms with Crippen LogP contribution >= 0.6 is 0 Å². The van der Waals surface area contributed by atoms with Crippen molar-refractivity contribution in [2.75, 3.05) is 19.6 Å². The number of nitrogens with zero attached hydrogens (tertiary/aromatic N) is 1. The van der Waals surface area contributed by atoms with Gasteiger partial charge in [-0.3, -0.25) is 0 Å². The predicted octanol–water partition coefficient (Wildman–Crippen LogP) is 2.47. The quantitative estimate of drug-likeness (QED) is 0.784. The first-order valence-corrected chi connectivity index (χ1v) is 6.69. The minimum Gasteiger partial charge on any atom is -0.338 e. The van der Waals surface area contributed by atoms with Crippen molar-refractivity contribution in [1.29, 1.82) is 0 Å². The number of amides is 2. The van der Waals surface area contributed by atoms with E-state index in [0.29, 0.717) is 5.92 Å². The third-order valence-corrected chi connectivity index (χ3v) is 4.07. The van der Waals surface area contributed by atoms with Gasteiger partial charge in [-0.05, 0) is 43.4 Å². The van der Waals surface area contributed by atoms with Crippen LogP contribution in [0.25, 0.3) is 0 Å². The van der Waals surface area contributed by atoms with E-state index in [9.17, 15) is 4.79 Å². The molecule has 2 aliphatic rings. The monoisotopic (exact) mass is 224 g/mol. The van der Waals surface area contributed by atoms with Crippen molar-refractivity contribution in [2.45, 2.75) is 39.5 Å². The summed E-state index contributed by atoms with van der Waals surface area (Å²) in [5, 5.41) is 3.08. The SMILES string of the molecule is CC1CCN(C(=O)NCC(C)C2CC2)CC1. The fraction of sp³-hybridized carbons (Fsp3) is 0.923. The van der Waals surface area contributed by atoms with Crippen LogP contribution in [0.3, 0.4) is 0 Å². The molecule has 1 saturated carbocycles. The maximum Gasteiger partial charge on any atom is 0.317 e. The van der Waals surface area contributed by atoms with Crippen molar-refractivity contribution in [1.82, 2.24) is 10.2 Å². The van der Waals surface area contributed by atoms with Crippen LogP contribution in [-0.2, 0) is 0 Å². The topological polar surface area (TPSA) is 32.3 Å². The lowest BCUT2D eigenvalue weighted by atomic mass is 10.00. The average molecular weight is 224 g/mol. The molecule has 1 aliphatic heterocycles. The minimum absolute atomic E-state index is 0.152. The molecule has 1 atom stereocenters. The van der Waals surface area contributed by atoms with E-state index in [1.54, 1.807) is 0 Å². The zero-order chi connectivity index (χ0) is 11.5. The van der Waals surface area contributed by atoms with Crippen molar-refractivity contribution < 1.29 is 4.79 Å². The number of hydrogen-bond acceptors (Lipinski definition) is 1. The largest absolute Gasteiger partial charge is 0.338 e. The summed E-state index contributed by atoms with van der Waals surface area (Å²) < 4.78 is 0. The van der Waals surface area contributed by atoms with Gasteiger partial charge < -0.3 is 10.2 Å². The normalized spacial score (nSPS) is 24.2. The number of hydrogen-bond donors (Lipinski definition) is 1. The van der Waals surface area contributed by atoms with Gasteiger partial charge in [-0.2, -0.15) is 0 Å². The lowest BCUT2D eigenvalue weighted by molar-refractivity contribution is 0.172. The van der Waals surface area contributed by atoms with Gasteiger partial charge in [-0.15, -0.1) is 0 Å². The van der Waals surface area contributed by atoms with E-state index in [2.05, 4.69) is 19.2 Å². The van der Waals surface area contributed by atoms with E-state index in [1.165, 1.54) is 12.8 Å². The molecule has 0 aromatic heterocycles. The number of likely N-dealkylation sites (tertiary alicyclic amines) is 1. The fourth-order valence-corrected chi connectivity index (χ4v) is 2.40. The molecule has 2 amide bonds. The molecule has 0 bridgehead atoms. The Morgan fingerprint density at radius 2 is 1.94 bits per heavy atom. The number of nitrogens with one attached hydrogen (secondary N) is 1. The van der Waals surface area contributed by atoms with Crippen LogP contribution < -0.4 is 5.32 Å². The Bertz CT molecular complexity index is 242. The van der Waals surface area contributed by atoms with E-state index in [1.807, 2.05) is 4.90 Å². The lowest BCUT2D eigenvalue weighted by Gasteiger charge is -2.30. The summed E-state index contributed by atoms with van der Waals surface area (Å²) in [7, 11) is 0. The van der Waals surface area contributed by atoms with Crippen LogP contribution in [0.1, 0.15) is 39.5 Å². The van der Waals surface area contributed by atoms with E-state index < -0.39 is 0 Å². The molecule has 0 radical (unpaired) electrons. The van der Waals surface area contributed by atoms with Crippen LogP contribution in [0.5, 0.6) is 0 Å². The first kappa shape index (κ1) is 11.7. The Morgan fingerprint density at radius 1 is 1.31 bits per heavy atom. The number of carbonyl (C=O) groups excluding carboxylic acids is 1. The highest BCUT2D eigenvalue weighted by Crippen LogP contribution is 2.36.